The lowest BCUT2D eigenvalue weighted by Gasteiger charge is -2.32. The summed E-state index contributed by atoms with van der Waals surface area (Å²) in [6.45, 7) is 1.88. The summed E-state index contributed by atoms with van der Waals surface area (Å²) >= 11 is 0. The minimum absolute atomic E-state index is 0.0566. The van der Waals surface area contributed by atoms with Crippen LogP contribution in [0.3, 0.4) is 0 Å². The number of hydrogen-bond donors (Lipinski definition) is 1. The molecule has 1 fully saturated rings. The van der Waals surface area contributed by atoms with Crippen molar-refractivity contribution in [3.05, 3.63) is 24.3 Å². The molecule has 1 amide bonds. The maximum Gasteiger partial charge on any atom is 0.265 e. The lowest BCUT2D eigenvalue weighted by atomic mass is 9.95. The lowest BCUT2D eigenvalue weighted by molar-refractivity contribution is -0.134. The number of amides is 1. The van der Waals surface area contributed by atoms with Crippen molar-refractivity contribution in [1.82, 2.24) is 5.32 Å². The van der Waals surface area contributed by atoms with Crippen molar-refractivity contribution in [2.24, 2.45) is 0 Å². The van der Waals surface area contributed by atoms with Gasteiger partial charge in [-0.25, -0.2) is 0 Å². The summed E-state index contributed by atoms with van der Waals surface area (Å²) in [5, 5.41) is 3.11. The quantitative estimate of drug-likeness (QED) is 0.902. The Hall–Kier alpha value is -1.71. The summed E-state index contributed by atoms with van der Waals surface area (Å²) in [6.07, 6.45) is 4.99. The number of carbonyl (C=O) groups excluding carboxylic acids is 1. The number of rotatable bonds is 2. The Morgan fingerprint density at radius 1 is 1.10 bits per heavy atom. The maximum atomic E-state index is 12.4. The Morgan fingerprint density at radius 3 is 2.45 bits per heavy atom. The molecule has 3 rings (SSSR count). The van der Waals surface area contributed by atoms with E-state index in [1.807, 2.05) is 31.2 Å². The Kier molecular flexibility index (Phi) is 3.81. The number of para-hydroxylation sites is 2. The molecule has 0 radical (unpaired) electrons. The van der Waals surface area contributed by atoms with E-state index in [1.54, 1.807) is 0 Å². The zero-order valence-corrected chi connectivity index (χ0v) is 11.8. The molecule has 2 unspecified atom stereocenters. The molecule has 1 N–H and O–H groups in total. The van der Waals surface area contributed by atoms with E-state index in [0.29, 0.717) is 17.5 Å². The van der Waals surface area contributed by atoms with Gasteiger partial charge < -0.3 is 14.8 Å². The Bertz CT molecular complexity index is 482. The van der Waals surface area contributed by atoms with Gasteiger partial charge in [0.05, 0.1) is 0 Å². The number of carbonyl (C=O) groups is 1. The lowest BCUT2D eigenvalue weighted by Crippen LogP contribution is -2.51. The van der Waals surface area contributed by atoms with Gasteiger partial charge in [0.1, 0.15) is 6.10 Å². The number of nitrogens with one attached hydrogen (secondary N) is 1. The Balaban J connectivity index is 1.66. The van der Waals surface area contributed by atoms with E-state index in [0.717, 1.165) is 12.8 Å². The van der Waals surface area contributed by atoms with Crippen LogP contribution in [-0.2, 0) is 4.79 Å². The van der Waals surface area contributed by atoms with Gasteiger partial charge in [-0.2, -0.15) is 0 Å². The van der Waals surface area contributed by atoms with Gasteiger partial charge in [-0.05, 0) is 31.9 Å². The Morgan fingerprint density at radius 2 is 1.75 bits per heavy atom. The second-order valence-electron chi connectivity index (χ2n) is 5.65. The fourth-order valence-corrected chi connectivity index (χ4v) is 2.94. The van der Waals surface area contributed by atoms with Crippen LogP contribution in [-0.4, -0.2) is 24.2 Å². The van der Waals surface area contributed by atoms with Crippen molar-refractivity contribution in [1.29, 1.82) is 0 Å². The minimum Gasteiger partial charge on any atom is -0.482 e. The van der Waals surface area contributed by atoms with Crippen molar-refractivity contribution >= 4 is 5.91 Å². The number of hydrogen-bond acceptors (Lipinski definition) is 3. The van der Waals surface area contributed by atoms with E-state index in [-0.39, 0.29) is 12.0 Å². The average molecular weight is 275 g/mol. The maximum absolute atomic E-state index is 12.4. The van der Waals surface area contributed by atoms with Gasteiger partial charge in [0.15, 0.2) is 11.5 Å². The molecule has 2 atom stereocenters. The largest absolute Gasteiger partial charge is 0.482 e. The summed E-state index contributed by atoms with van der Waals surface area (Å²) in [4.78, 5) is 12.4. The van der Waals surface area contributed by atoms with Crippen LogP contribution < -0.4 is 14.8 Å². The van der Waals surface area contributed by atoms with Crippen LogP contribution in [0.15, 0.2) is 24.3 Å². The second kappa shape index (κ2) is 5.73. The molecule has 1 aliphatic heterocycles. The molecule has 1 saturated carbocycles. The monoisotopic (exact) mass is 275 g/mol. The standard InChI is InChI=1S/C16H21NO3/c1-11-15(16(18)17-12-7-3-2-4-8-12)20-14-10-6-5-9-13(14)19-11/h5-6,9-12,15H,2-4,7-8H2,1H3,(H,17,18). The third kappa shape index (κ3) is 2.74. The van der Waals surface area contributed by atoms with Crippen molar-refractivity contribution in [3.63, 3.8) is 0 Å². The van der Waals surface area contributed by atoms with Gasteiger partial charge in [-0.3, -0.25) is 4.79 Å². The van der Waals surface area contributed by atoms with Crippen LogP contribution in [0, 0.1) is 0 Å². The van der Waals surface area contributed by atoms with E-state index in [9.17, 15) is 4.79 Å². The SMILES string of the molecule is CC1Oc2ccccc2OC1C(=O)NC1CCCCC1. The number of fused-ring (bicyclic) bond motifs is 1. The predicted octanol–water partition coefficient (Wildman–Crippen LogP) is 2.66. The molecule has 0 bridgehead atoms. The Labute approximate surface area is 119 Å². The molecule has 4 heteroatoms. The van der Waals surface area contributed by atoms with Gasteiger partial charge in [-0.15, -0.1) is 0 Å². The van der Waals surface area contributed by atoms with Crippen molar-refractivity contribution in [2.45, 2.75) is 57.3 Å². The first-order chi connectivity index (χ1) is 9.74. The van der Waals surface area contributed by atoms with Gasteiger partial charge in [0.2, 0.25) is 6.10 Å². The third-order valence-corrected chi connectivity index (χ3v) is 4.05. The molecule has 0 spiro atoms. The normalized spacial score (nSPS) is 26.1. The molecule has 1 aliphatic carbocycles. The molecule has 0 aromatic heterocycles. The molecule has 1 aromatic carbocycles. The van der Waals surface area contributed by atoms with E-state index in [4.69, 9.17) is 9.47 Å². The van der Waals surface area contributed by atoms with Crippen molar-refractivity contribution in [3.8, 4) is 11.5 Å². The summed E-state index contributed by atoms with van der Waals surface area (Å²) in [6, 6.07) is 7.78. The zero-order valence-electron chi connectivity index (χ0n) is 11.8. The summed E-state index contributed by atoms with van der Waals surface area (Å²) in [5.41, 5.74) is 0. The molecule has 0 saturated heterocycles. The van der Waals surface area contributed by atoms with Crippen molar-refractivity contribution < 1.29 is 14.3 Å². The summed E-state index contributed by atoms with van der Waals surface area (Å²) in [7, 11) is 0. The molecule has 1 heterocycles. The highest BCUT2D eigenvalue weighted by Gasteiger charge is 2.34. The van der Waals surface area contributed by atoms with Crippen LogP contribution in [0.1, 0.15) is 39.0 Å². The fourth-order valence-electron chi connectivity index (χ4n) is 2.94. The van der Waals surface area contributed by atoms with Crippen LogP contribution in [0.25, 0.3) is 0 Å². The highest BCUT2D eigenvalue weighted by Crippen LogP contribution is 2.33. The molecule has 4 nitrogen and oxygen atoms in total. The molecular weight excluding hydrogens is 254 g/mol. The van der Waals surface area contributed by atoms with Crippen LogP contribution >= 0.6 is 0 Å². The zero-order chi connectivity index (χ0) is 13.9. The highest BCUT2D eigenvalue weighted by atomic mass is 16.6. The first kappa shape index (κ1) is 13.3. The van der Waals surface area contributed by atoms with Crippen molar-refractivity contribution in [2.75, 3.05) is 0 Å². The molecule has 2 aliphatic rings. The second-order valence-corrected chi connectivity index (χ2v) is 5.65. The average Bonchev–Trinajstić information content (AvgIpc) is 2.47. The predicted molar refractivity (Wildman–Crippen MR) is 76.0 cm³/mol. The summed E-state index contributed by atoms with van der Waals surface area (Å²) in [5.74, 6) is 1.30. The van der Waals surface area contributed by atoms with Crippen LogP contribution in [0.5, 0.6) is 11.5 Å². The number of ether oxygens (including phenoxy) is 2. The minimum atomic E-state index is -0.563. The van der Waals surface area contributed by atoms with E-state index < -0.39 is 6.10 Å². The molecule has 108 valence electrons. The van der Waals surface area contributed by atoms with E-state index in [2.05, 4.69) is 5.32 Å². The smallest absolute Gasteiger partial charge is 0.265 e. The van der Waals surface area contributed by atoms with E-state index in [1.165, 1.54) is 19.3 Å². The molecule has 20 heavy (non-hydrogen) atoms. The van der Waals surface area contributed by atoms with Gasteiger partial charge in [0.25, 0.3) is 5.91 Å². The van der Waals surface area contributed by atoms with Gasteiger partial charge in [-0.1, -0.05) is 31.4 Å². The van der Waals surface area contributed by atoms with Crippen LogP contribution in [0.4, 0.5) is 0 Å². The molecule has 1 aromatic rings. The fraction of sp³-hybridized carbons (Fsp3) is 0.562. The third-order valence-electron chi connectivity index (χ3n) is 4.05. The first-order valence-corrected chi connectivity index (χ1v) is 7.47. The van der Waals surface area contributed by atoms with Crippen LogP contribution in [0.2, 0.25) is 0 Å². The molecular formula is C16H21NO3. The van der Waals surface area contributed by atoms with E-state index >= 15 is 0 Å². The topological polar surface area (TPSA) is 47.6 Å². The van der Waals surface area contributed by atoms with Gasteiger partial charge >= 0.3 is 0 Å². The highest BCUT2D eigenvalue weighted by molar-refractivity contribution is 5.82. The summed E-state index contributed by atoms with van der Waals surface area (Å²) < 4.78 is 11.6. The number of benzene rings is 1. The first-order valence-electron chi connectivity index (χ1n) is 7.47. The van der Waals surface area contributed by atoms with Gasteiger partial charge in [0, 0.05) is 6.04 Å².